The summed E-state index contributed by atoms with van der Waals surface area (Å²) in [6.07, 6.45) is -2.12. The summed E-state index contributed by atoms with van der Waals surface area (Å²) in [5.74, 6) is -0.235. The average Bonchev–Trinajstić information content (AvgIpc) is 2.28. The van der Waals surface area contributed by atoms with Crippen LogP contribution in [0.1, 0.15) is 25.7 Å². The largest absolute Gasteiger partial charge is 0.411 e. The molecule has 0 saturated heterocycles. The standard InChI is InChI=1S/C11H20F3NO3/c1-15(6-3-2-4-7-16)10(17)5-8-18-9-11(12,13)14/h16H,2-9H2,1H3. The molecule has 0 spiro atoms. The van der Waals surface area contributed by atoms with E-state index < -0.39 is 12.8 Å². The molecule has 0 unspecified atom stereocenters. The highest BCUT2D eigenvalue weighted by molar-refractivity contribution is 5.75. The Morgan fingerprint density at radius 2 is 1.94 bits per heavy atom. The zero-order valence-electron chi connectivity index (χ0n) is 10.5. The van der Waals surface area contributed by atoms with Gasteiger partial charge in [-0.2, -0.15) is 13.2 Å². The summed E-state index contributed by atoms with van der Waals surface area (Å²) in [5, 5.41) is 8.56. The Balaban J connectivity index is 3.56. The first kappa shape index (κ1) is 17.2. The molecule has 0 aliphatic heterocycles. The number of nitrogens with zero attached hydrogens (tertiary/aromatic N) is 1. The van der Waals surface area contributed by atoms with Gasteiger partial charge in [0.2, 0.25) is 5.91 Å². The Morgan fingerprint density at radius 1 is 1.28 bits per heavy atom. The minimum atomic E-state index is -4.35. The van der Waals surface area contributed by atoms with E-state index in [-0.39, 0.29) is 25.5 Å². The molecule has 0 saturated carbocycles. The second-order valence-corrected chi connectivity index (χ2v) is 4.02. The Hall–Kier alpha value is -0.820. The second kappa shape index (κ2) is 9.16. The zero-order valence-corrected chi connectivity index (χ0v) is 10.5. The van der Waals surface area contributed by atoms with Gasteiger partial charge in [0, 0.05) is 20.2 Å². The van der Waals surface area contributed by atoms with E-state index in [1.54, 1.807) is 7.05 Å². The van der Waals surface area contributed by atoms with Crippen LogP contribution in [-0.2, 0) is 9.53 Å². The van der Waals surface area contributed by atoms with E-state index in [9.17, 15) is 18.0 Å². The molecule has 0 aliphatic rings. The lowest BCUT2D eigenvalue weighted by atomic mass is 10.2. The van der Waals surface area contributed by atoms with E-state index in [1.807, 2.05) is 0 Å². The SMILES string of the molecule is CN(CCCCCO)C(=O)CCOCC(F)(F)F. The molecule has 0 radical (unpaired) electrons. The summed E-state index contributed by atoms with van der Waals surface area (Å²) in [6.45, 7) is -0.874. The van der Waals surface area contributed by atoms with E-state index in [4.69, 9.17) is 5.11 Å². The van der Waals surface area contributed by atoms with Crippen LogP contribution < -0.4 is 0 Å². The number of unbranched alkanes of at least 4 members (excludes halogenated alkanes) is 2. The number of amides is 1. The normalized spacial score (nSPS) is 11.6. The molecule has 4 nitrogen and oxygen atoms in total. The van der Waals surface area contributed by atoms with Crippen molar-refractivity contribution in [2.75, 3.05) is 33.4 Å². The lowest BCUT2D eigenvalue weighted by Gasteiger charge is -2.17. The quantitative estimate of drug-likeness (QED) is 0.648. The number of hydrogen-bond donors (Lipinski definition) is 1. The monoisotopic (exact) mass is 271 g/mol. The second-order valence-electron chi connectivity index (χ2n) is 4.02. The maximum atomic E-state index is 11.7. The van der Waals surface area contributed by atoms with E-state index in [0.29, 0.717) is 13.0 Å². The summed E-state index contributed by atoms with van der Waals surface area (Å²) in [5.41, 5.74) is 0. The van der Waals surface area contributed by atoms with Gasteiger partial charge in [0.05, 0.1) is 13.0 Å². The van der Waals surface area contributed by atoms with Crippen molar-refractivity contribution in [3.05, 3.63) is 0 Å². The molecule has 0 fully saturated rings. The molecule has 0 atom stereocenters. The molecule has 0 bridgehead atoms. The first-order valence-corrected chi connectivity index (χ1v) is 5.86. The number of aliphatic hydroxyl groups is 1. The summed E-state index contributed by atoms with van der Waals surface area (Å²) in [7, 11) is 1.60. The van der Waals surface area contributed by atoms with Crippen molar-refractivity contribution < 1.29 is 27.8 Å². The van der Waals surface area contributed by atoms with Crippen LogP contribution in [0.2, 0.25) is 0 Å². The Labute approximate surface area is 105 Å². The zero-order chi connectivity index (χ0) is 14.0. The first-order chi connectivity index (χ1) is 8.37. The fourth-order valence-electron chi connectivity index (χ4n) is 1.30. The van der Waals surface area contributed by atoms with Gasteiger partial charge in [-0.25, -0.2) is 0 Å². The van der Waals surface area contributed by atoms with Crippen LogP contribution in [0.4, 0.5) is 13.2 Å². The molecule has 0 aromatic carbocycles. The number of ether oxygens (including phenoxy) is 1. The lowest BCUT2D eigenvalue weighted by Crippen LogP contribution is -2.29. The predicted octanol–water partition coefficient (Wildman–Crippen LogP) is 1.58. The topological polar surface area (TPSA) is 49.8 Å². The highest BCUT2D eigenvalue weighted by Crippen LogP contribution is 2.14. The Morgan fingerprint density at radius 3 is 2.50 bits per heavy atom. The van der Waals surface area contributed by atoms with Crippen molar-refractivity contribution in [1.82, 2.24) is 4.90 Å². The van der Waals surface area contributed by atoms with Crippen LogP contribution in [0.25, 0.3) is 0 Å². The van der Waals surface area contributed by atoms with Crippen LogP contribution in [0, 0.1) is 0 Å². The van der Waals surface area contributed by atoms with Crippen molar-refractivity contribution in [3.8, 4) is 0 Å². The van der Waals surface area contributed by atoms with Crippen LogP contribution in [-0.4, -0.2) is 55.5 Å². The summed E-state index contributed by atoms with van der Waals surface area (Å²) in [4.78, 5) is 12.9. The van der Waals surface area contributed by atoms with Gasteiger partial charge >= 0.3 is 6.18 Å². The van der Waals surface area contributed by atoms with E-state index in [1.165, 1.54) is 4.90 Å². The molecule has 7 heteroatoms. The molecule has 1 amide bonds. The van der Waals surface area contributed by atoms with Gasteiger partial charge in [-0.1, -0.05) is 0 Å². The number of hydrogen-bond acceptors (Lipinski definition) is 3. The summed E-state index contributed by atoms with van der Waals surface area (Å²) >= 11 is 0. The third kappa shape index (κ3) is 10.3. The third-order valence-electron chi connectivity index (χ3n) is 2.30. The minimum Gasteiger partial charge on any atom is -0.396 e. The van der Waals surface area contributed by atoms with Crippen LogP contribution in [0.15, 0.2) is 0 Å². The maximum absolute atomic E-state index is 11.7. The van der Waals surface area contributed by atoms with Gasteiger partial charge in [-0.3, -0.25) is 4.79 Å². The van der Waals surface area contributed by atoms with Gasteiger partial charge in [0.15, 0.2) is 0 Å². The predicted molar refractivity (Wildman–Crippen MR) is 60.1 cm³/mol. The van der Waals surface area contributed by atoms with E-state index in [2.05, 4.69) is 4.74 Å². The van der Waals surface area contributed by atoms with Gasteiger partial charge in [0.1, 0.15) is 6.61 Å². The molecular formula is C11H20F3NO3. The summed E-state index contributed by atoms with van der Waals surface area (Å²) < 4.78 is 39.6. The molecule has 108 valence electrons. The lowest BCUT2D eigenvalue weighted by molar-refractivity contribution is -0.175. The average molecular weight is 271 g/mol. The van der Waals surface area contributed by atoms with Gasteiger partial charge in [-0.15, -0.1) is 0 Å². The molecule has 1 N–H and O–H groups in total. The number of rotatable bonds is 9. The van der Waals surface area contributed by atoms with Gasteiger partial charge < -0.3 is 14.7 Å². The van der Waals surface area contributed by atoms with Crippen molar-refractivity contribution in [2.24, 2.45) is 0 Å². The molecule has 0 aliphatic carbocycles. The number of halogens is 3. The van der Waals surface area contributed by atoms with E-state index in [0.717, 1.165) is 12.8 Å². The molecule has 18 heavy (non-hydrogen) atoms. The number of alkyl halides is 3. The van der Waals surface area contributed by atoms with Crippen LogP contribution in [0.3, 0.4) is 0 Å². The van der Waals surface area contributed by atoms with Crippen molar-refractivity contribution >= 4 is 5.91 Å². The third-order valence-corrected chi connectivity index (χ3v) is 2.30. The Bertz CT molecular complexity index is 234. The number of carbonyl (C=O) groups excluding carboxylic acids is 1. The Kier molecular flexibility index (Phi) is 8.74. The first-order valence-electron chi connectivity index (χ1n) is 5.86. The van der Waals surface area contributed by atoms with Crippen molar-refractivity contribution in [3.63, 3.8) is 0 Å². The molecule has 0 aromatic heterocycles. The van der Waals surface area contributed by atoms with Crippen molar-refractivity contribution in [1.29, 1.82) is 0 Å². The highest BCUT2D eigenvalue weighted by Gasteiger charge is 2.27. The number of aliphatic hydroxyl groups excluding tert-OH is 1. The fraction of sp³-hybridized carbons (Fsp3) is 0.909. The van der Waals surface area contributed by atoms with Gasteiger partial charge in [0.25, 0.3) is 0 Å². The molecule has 0 heterocycles. The van der Waals surface area contributed by atoms with Crippen LogP contribution >= 0.6 is 0 Å². The maximum Gasteiger partial charge on any atom is 0.411 e. The summed E-state index contributed by atoms with van der Waals surface area (Å²) in [6, 6.07) is 0. The molecule has 0 rings (SSSR count). The van der Waals surface area contributed by atoms with Crippen molar-refractivity contribution in [2.45, 2.75) is 31.9 Å². The van der Waals surface area contributed by atoms with Gasteiger partial charge in [-0.05, 0) is 19.3 Å². The smallest absolute Gasteiger partial charge is 0.396 e. The molecule has 0 aromatic rings. The molecular weight excluding hydrogens is 251 g/mol. The highest BCUT2D eigenvalue weighted by atomic mass is 19.4. The van der Waals surface area contributed by atoms with E-state index >= 15 is 0 Å². The van der Waals surface area contributed by atoms with Crippen LogP contribution in [0.5, 0.6) is 0 Å². The minimum absolute atomic E-state index is 0.0490. The fourth-order valence-corrected chi connectivity index (χ4v) is 1.30. The number of carbonyl (C=O) groups is 1.